The van der Waals surface area contributed by atoms with Gasteiger partial charge in [-0.3, -0.25) is 0 Å². The highest BCUT2D eigenvalue weighted by Gasteiger charge is 2.46. The Hall–Kier alpha value is -0.200. The Bertz CT molecular complexity index is 397. The summed E-state index contributed by atoms with van der Waals surface area (Å²) in [6.45, 7) is 1.09. The van der Waals surface area contributed by atoms with E-state index in [1.54, 1.807) is 0 Å². The van der Waals surface area contributed by atoms with E-state index in [4.69, 9.17) is 5.73 Å². The number of nitrogens with zero attached hydrogens (tertiary/aromatic N) is 1. The van der Waals surface area contributed by atoms with E-state index >= 15 is 0 Å². The largest absolute Gasteiger partial charge is 0.328 e. The molecule has 1 aliphatic heterocycles. The molecule has 2 rings (SSSR count). The highest BCUT2D eigenvalue weighted by atomic mass is 32.2. The van der Waals surface area contributed by atoms with Gasteiger partial charge in [0, 0.05) is 19.6 Å². The molecular formula is C12H23FN2O2S. The van der Waals surface area contributed by atoms with Crippen molar-refractivity contribution < 1.29 is 12.8 Å². The second-order valence-corrected chi connectivity index (χ2v) is 7.83. The molecule has 0 amide bonds. The molecule has 2 aliphatic rings. The predicted molar refractivity (Wildman–Crippen MR) is 69.4 cm³/mol. The molecule has 18 heavy (non-hydrogen) atoms. The first kappa shape index (κ1) is 14.2. The molecule has 2 fully saturated rings. The van der Waals surface area contributed by atoms with Gasteiger partial charge in [-0.05, 0) is 43.9 Å². The van der Waals surface area contributed by atoms with Gasteiger partial charge in [-0.1, -0.05) is 0 Å². The van der Waals surface area contributed by atoms with E-state index in [9.17, 15) is 12.8 Å². The topological polar surface area (TPSA) is 63.4 Å². The number of hydrogen-bond acceptors (Lipinski definition) is 3. The lowest BCUT2D eigenvalue weighted by Gasteiger charge is -2.35. The average molecular weight is 278 g/mol. The first-order chi connectivity index (χ1) is 8.35. The van der Waals surface area contributed by atoms with E-state index in [1.165, 1.54) is 10.6 Å². The SMILES string of the molecule is CS(=O)(=O)N1CCCC(CC(F)(CN)C2CC2)C1. The van der Waals surface area contributed by atoms with Crippen LogP contribution in [0.15, 0.2) is 0 Å². The van der Waals surface area contributed by atoms with Crippen LogP contribution in [-0.2, 0) is 10.0 Å². The molecule has 2 atom stereocenters. The van der Waals surface area contributed by atoms with Gasteiger partial charge in [0.15, 0.2) is 0 Å². The number of halogens is 1. The third-order valence-electron chi connectivity index (χ3n) is 4.23. The van der Waals surface area contributed by atoms with Crippen LogP contribution in [0, 0.1) is 11.8 Å². The standard InChI is InChI=1S/C12H23FN2O2S/c1-18(16,17)15-6-2-3-10(8-15)7-12(13,9-14)11-4-5-11/h10-11H,2-9,14H2,1H3. The second kappa shape index (κ2) is 5.06. The molecule has 0 bridgehead atoms. The quantitative estimate of drug-likeness (QED) is 0.820. The summed E-state index contributed by atoms with van der Waals surface area (Å²) in [5, 5.41) is 0. The number of hydrogen-bond donors (Lipinski definition) is 1. The lowest BCUT2D eigenvalue weighted by Crippen LogP contribution is -2.44. The Morgan fingerprint density at radius 1 is 1.39 bits per heavy atom. The Labute approximate surface area is 109 Å². The molecule has 106 valence electrons. The summed E-state index contributed by atoms with van der Waals surface area (Å²) in [5.41, 5.74) is 4.31. The fourth-order valence-electron chi connectivity index (χ4n) is 2.99. The highest BCUT2D eigenvalue weighted by Crippen LogP contribution is 2.46. The minimum atomic E-state index is -3.15. The Kier molecular flexibility index (Phi) is 3.99. The average Bonchev–Trinajstić information content (AvgIpc) is 3.12. The molecule has 0 radical (unpaired) electrons. The molecular weight excluding hydrogens is 255 g/mol. The van der Waals surface area contributed by atoms with Gasteiger partial charge in [-0.2, -0.15) is 0 Å². The molecule has 1 aliphatic carbocycles. The van der Waals surface area contributed by atoms with Gasteiger partial charge < -0.3 is 5.73 Å². The van der Waals surface area contributed by atoms with Gasteiger partial charge in [-0.15, -0.1) is 0 Å². The maximum Gasteiger partial charge on any atom is 0.211 e. The van der Waals surface area contributed by atoms with E-state index in [2.05, 4.69) is 0 Å². The summed E-state index contributed by atoms with van der Waals surface area (Å²) in [6.07, 6.45) is 5.22. The van der Waals surface area contributed by atoms with Crippen LogP contribution in [0.25, 0.3) is 0 Å². The van der Waals surface area contributed by atoms with E-state index in [1.807, 2.05) is 0 Å². The highest BCUT2D eigenvalue weighted by molar-refractivity contribution is 7.88. The van der Waals surface area contributed by atoms with Gasteiger partial charge in [0.05, 0.1) is 6.26 Å². The Morgan fingerprint density at radius 2 is 2.06 bits per heavy atom. The molecule has 0 aromatic carbocycles. The Balaban J connectivity index is 1.97. The van der Waals surface area contributed by atoms with Gasteiger partial charge in [-0.25, -0.2) is 17.1 Å². The third kappa shape index (κ3) is 3.22. The molecule has 1 saturated carbocycles. The van der Waals surface area contributed by atoms with E-state index in [0.717, 1.165) is 25.7 Å². The van der Waals surface area contributed by atoms with Gasteiger partial charge in [0.25, 0.3) is 0 Å². The van der Waals surface area contributed by atoms with Crippen molar-refractivity contribution >= 4 is 10.0 Å². The molecule has 6 heteroatoms. The van der Waals surface area contributed by atoms with Crippen molar-refractivity contribution in [2.45, 2.75) is 37.8 Å². The summed E-state index contributed by atoms with van der Waals surface area (Å²) in [6, 6.07) is 0. The van der Waals surface area contributed by atoms with Gasteiger partial charge >= 0.3 is 0 Å². The van der Waals surface area contributed by atoms with Crippen LogP contribution in [0.2, 0.25) is 0 Å². The van der Waals surface area contributed by atoms with Crippen LogP contribution in [0.3, 0.4) is 0 Å². The van der Waals surface area contributed by atoms with Crippen molar-refractivity contribution in [2.75, 3.05) is 25.9 Å². The third-order valence-corrected chi connectivity index (χ3v) is 5.50. The van der Waals surface area contributed by atoms with Crippen molar-refractivity contribution in [1.82, 2.24) is 4.31 Å². The fraction of sp³-hybridized carbons (Fsp3) is 1.00. The Morgan fingerprint density at radius 3 is 2.56 bits per heavy atom. The lowest BCUT2D eigenvalue weighted by molar-refractivity contribution is 0.0873. The minimum Gasteiger partial charge on any atom is -0.328 e. The monoisotopic (exact) mass is 278 g/mol. The molecule has 2 unspecified atom stereocenters. The lowest BCUT2D eigenvalue weighted by atomic mass is 9.84. The first-order valence-electron chi connectivity index (χ1n) is 6.69. The number of nitrogens with two attached hydrogens (primary N) is 1. The molecule has 2 N–H and O–H groups in total. The summed E-state index contributed by atoms with van der Waals surface area (Å²) < 4.78 is 39.1. The smallest absolute Gasteiger partial charge is 0.211 e. The minimum absolute atomic E-state index is 0.0625. The zero-order chi connectivity index (χ0) is 13.4. The number of sulfonamides is 1. The van der Waals surface area contributed by atoms with Crippen LogP contribution >= 0.6 is 0 Å². The number of rotatable bonds is 5. The summed E-state index contributed by atoms with van der Waals surface area (Å²) >= 11 is 0. The summed E-state index contributed by atoms with van der Waals surface area (Å²) in [5.74, 6) is 0.221. The molecule has 1 saturated heterocycles. The van der Waals surface area contributed by atoms with Crippen molar-refractivity contribution in [3.05, 3.63) is 0 Å². The zero-order valence-corrected chi connectivity index (χ0v) is 11.8. The van der Waals surface area contributed by atoms with Crippen molar-refractivity contribution in [3.63, 3.8) is 0 Å². The van der Waals surface area contributed by atoms with Gasteiger partial charge in [0.2, 0.25) is 10.0 Å². The van der Waals surface area contributed by atoms with Crippen LogP contribution in [0.4, 0.5) is 4.39 Å². The molecule has 1 heterocycles. The summed E-state index contributed by atoms with van der Waals surface area (Å²) in [4.78, 5) is 0. The van der Waals surface area contributed by atoms with Crippen LogP contribution in [0.1, 0.15) is 32.1 Å². The molecule has 0 aromatic heterocycles. The second-order valence-electron chi connectivity index (χ2n) is 5.85. The predicted octanol–water partition coefficient (Wildman–Crippen LogP) is 1.13. The molecule has 0 aromatic rings. The van der Waals surface area contributed by atoms with Crippen LogP contribution in [-0.4, -0.2) is 44.3 Å². The molecule has 4 nitrogen and oxygen atoms in total. The van der Waals surface area contributed by atoms with Crippen molar-refractivity contribution in [3.8, 4) is 0 Å². The van der Waals surface area contributed by atoms with Crippen molar-refractivity contribution in [2.24, 2.45) is 17.6 Å². The fourth-order valence-corrected chi connectivity index (χ4v) is 3.93. The van der Waals surface area contributed by atoms with Gasteiger partial charge in [0.1, 0.15) is 5.67 Å². The first-order valence-corrected chi connectivity index (χ1v) is 8.54. The number of piperidine rings is 1. The van der Waals surface area contributed by atoms with Crippen LogP contribution in [0.5, 0.6) is 0 Å². The zero-order valence-electron chi connectivity index (χ0n) is 10.9. The maximum absolute atomic E-state index is 14.6. The van der Waals surface area contributed by atoms with E-state index < -0.39 is 15.7 Å². The number of alkyl halides is 1. The van der Waals surface area contributed by atoms with Crippen molar-refractivity contribution in [1.29, 1.82) is 0 Å². The van der Waals surface area contributed by atoms with E-state index in [-0.39, 0.29) is 18.4 Å². The summed E-state index contributed by atoms with van der Waals surface area (Å²) in [7, 11) is -3.15. The van der Waals surface area contributed by atoms with E-state index in [0.29, 0.717) is 19.5 Å². The normalized spacial score (nSPS) is 30.1. The maximum atomic E-state index is 14.6. The van der Waals surface area contributed by atoms with Crippen LogP contribution < -0.4 is 5.73 Å². The molecule has 0 spiro atoms.